The number of aliphatic hydroxyl groups is 1. The van der Waals surface area contributed by atoms with Crippen LogP contribution in [-0.4, -0.2) is 116 Å². The number of hydrogen-bond donors (Lipinski definition) is 1. The van der Waals surface area contributed by atoms with E-state index in [0.29, 0.717) is 17.7 Å². The standard InChI is InChI=1S/C23H37N4O3/c1-24(14-15-25-12-9-19(28)10-13-25)16-18-27(2,3)17-6-11-26-22(29)20-7-4-5-8-21(20)23(26)30/h4-5,7-8,19,28H,6,9-18H2,1-3H3/q+1. The quantitative estimate of drug-likeness (QED) is 0.457. The van der Waals surface area contributed by atoms with Crippen molar-refractivity contribution in [3.63, 3.8) is 0 Å². The Morgan fingerprint density at radius 2 is 1.60 bits per heavy atom. The van der Waals surface area contributed by atoms with E-state index in [0.717, 1.165) is 69.6 Å². The lowest BCUT2D eigenvalue weighted by Crippen LogP contribution is -2.47. The van der Waals surface area contributed by atoms with Crippen LogP contribution in [0.2, 0.25) is 0 Å². The summed E-state index contributed by atoms with van der Waals surface area (Å²) in [4.78, 5) is 31.1. The molecule has 1 aromatic rings. The van der Waals surface area contributed by atoms with Gasteiger partial charge in [0, 0.05) is 45.7 Å². The van der Waals surface area contributed by atoms with Crippen LogP contribution in [0.5, 0.6) is 0 Å². The Kier molecular flexibility index (Phi) is 7.63. The van der Waals surface area contributed by atoms with Gasteiger partial charge in [0.1, 0.15) is 0 Å². The minimum absolute atomic E-state index is 0.114. The Morgan fingerprint density at radius 1 is 1.00 bits per heavy atom. The zero-order valence-corrected chi connectivity index (χ0v) is 18.7. The minimum atomic E-state index is -0.161. The van der Waals surface area contributed by atoms with Crippen molar-refractivity contribution < 1.29 is 19.2 Å². The first-order valence-electron chi connectivity index (χ1n) is 11.1. The van der Waals surface area contributed by atoms with E-state index in [9.17, 15) is 14.7 Å². The molecule has 1 saturated heterocycles. The molecule has 1 N–H and O–H groups in total. The van der Waals surface area contributed by atoms with Crippen LogP contribution in [-0.2, 0) is 0 Å². The zero-order chi connectivity index (χ0) is 21.7. The van der Waals surface area contributed by atoms with Gasteiger partial charge in [0.25, 0.3) is 11.8 Å². The minimum Gasteiger partial charge on any atom is -0.393 e. The average molecular weight is 418 g/mol. The van der Waals surface area contributed by atoms with E-state index in [1.165, 1.54) is 4.90 Å². The smallest absolute Gasteiger partial charge is 0.261 e. The molecule has 0 spiro atoms. The maximum atomic E-state index is 12.5. The molecule has 7 heteroatoms. The van der Waals surface area contributed by atoms with E-state index in [-0.39, 0.29) is 17.9 Å². The number of rotatable bonds is 10. The highest BCUT2D eigenvalue weighted by Crippen LogP contribution is 2.22. The number of piperidine rings is 1. The number of benzene rings is 1. The maximum absolute atomic E-state index is 12.5. The monoisotopic (exact) mass is 417 g/mol. The van der Waals surface area contributed by atoms with Gasteiger partial charge in [-0.1, -0.05) is 12.1 Å². The topological polar surface area (TPSA) is 64.1 Å². The molecule has 0 bridgehead atoms. The maximum Gasteiger partial charge on any atom is 0.261 e. The number of likely N-dealkylation sites (tertiary alicyclic amines) is 1. The van der Waals surface area contributed by atoms with Gasteiger partial charge in [-0.3, -0.25) is 19.4 Å². The molecule has 2 aliphatic heterocycles. The van der Waals surface area contributed by atoms with Crippen molar-refractivity contribution >= 4 is 11.8 Å². The predicted octanol–water partition coefficient (Wildman–Crippen LogP) is 1.14. The first-order valence-corrected chi connectivity index (χ1v) is 11.1. The number of fused-ring (bicyclic) bond motifs is 1. The third-order valence-electron chi connectivity index (χ3n) is 6.47. The highest BCUT2D eigenvalue weighted by Gasteiger charge is 2.35. The van der Waals surface area contributed by atoms with Gasteiger partial charge in [-0.15, -0.1) is 0 Å². The van der Waals surface area contributed by atoms with Gasteiger partial charge in [0.05, 0.1) is 44.4 Å². The number of amides is 2. The Labute approximate surface area is 180 Å². The first kappa shape index (κ1) is 22.9. The summed E-state index contributed by atoms with van der Waals surface area (Å²) < 4.78 is 0.865. The summed E-state index contributed by atoms with van der Waals surface area (Å²) >= 11 is 0. The zero-order valence-electron chi connectivity index (χ0n) is 18.7. The molecule has 1 aromatic carbocycles. The third kappa shape index (κ3) is 5.88. The van der Waals surface area contributed by atoms with Crippen LogP contribution in [0, 0.1) is 0 Å². The number of carbonyl (C=O) groups excluding carboxylic acids is 2. The fourth-order valence-corrected chi connectivity index (χ4v) is 4.22. The van der Waals surface area contributed by atoms with Crippen LogP contribution in [0.1, 0.15) is 40.0 Å². The van der Waals surface area contributed by atoms with Crippen molar-refractivity contribution in [2.24, 2.45) is 0 Å². The molecular weight excluding hydrogens is 380 g/mol. The summed E-state index contributed by atoms with van der Waals surface area (Å²) in [5.41, 5.74) is 1.06. The number of aliphatic hydroxyl groups excluding tert-OH is 1. The van der Waals surface area contributed by atoms with Crippen molar-refractivity contribution in [2.75, 3.05) is 73.5 Å². The lowest BCUT2D eigenvalue weighted by atomic mass is 10.1. The van der Waals surface area contributed by atoms with Crippen LogP contribution in [0.4, 0.5) is 0 Å². The van der Waals surface area contributed by atoms with E-state index >= 15 is 0 Å². The SMILES string of the molecule is CN(CCN1CCC(O)CC1)CC[N+](C)(C)CCCN1C(=O)c2ccccc2C1=O. The van der Waals surface area contributed by atoms with Gasteiger partial charge < -0.3 is 14.5 Å². The van der Waals surface area contributed by atoms with E-state index in [1.807, 2.05) is 0 Å². The second kappa shape index (κ2) is 10.0. The van der Waals surface area contributed by atoms with Crippen LogP contribution in [0.25, 0.3) is 0 Å². The van der Waals surface area contributed by atoms with E-state index in [2.05, 4.69) is 30.9 Å². The predicted molar refractivity (Wildman–Crippen MR) is 117 cm³/mol. The highest BCUT2D eigenvalue weighted by molar-refractivity contribution is 6.21. The third-order valence-corrected chi connectivity index (χ3v) is 6.47. The fraction of sp³-hybridized carbons (Fsp3) is 0.652. The van der Waals surface area contributed by atoms with Gasteiger partial charge in [-0.05, 0) is 32.0 Å². The van der Waals surface area contributed by atoms with Crippen LogP contribution in [0.15, 0.2) is 24.3 Å². The van der Waals surface area contributed by atoms with E-state index in [4.69, 9.17) is 0 Å². The Hall–Kier alpha value is -1.80. The summed E-state index contributed by atoms with van der Waals surface area (Å²) in [5, 5.41) is 9.61. The summed E-state index contributed by atoms with van der Waals surface area (Å²) in [6.45, 7) is 7.51. The van der Waals surface area contributed by atoms with Crippen molar-refractivity contribution in [1.82, 2.24) is 14.7 Å². The van der Waals surface area contributed by atoms with Gasteiger partial charge >= 0.3 is 0 Å². The molecule has 0 atom stereocenters. The molecule has 0 aliphatic carbocycles. The van der Waals surface area contributed by atoms with Crippen LogP contribution in [0.3, 0.4) is 0 Å². The van der Waals surface area contributed by atoms with Crippen molar-refractivity contribution in [3.05, 3.63) is 35.4 Å². The van der Waals surface area contributed by atoms with Gasteiger partial charge in [0.2, 0.25) is 0 Å². The van der Waals surface area contributed by atoms with Crippen molar-refractivity contribution in [2.45, 2.75) is 25.4 Å². The molecule has 2 heterocycles. The number of quaternary nitrogens is 1. The lowest BCUT2D eigenvalue weighted by Gasteiger charge is -2.33. The molecule has 2 aliphatic rings. The number of likely N-dealkylation sites (N-methyl/N-ethyl adjacent to an activating group) is 2. The summed E-state index contributed by atoms with van der Waals surface area (Å²) in [7, 11) is 6.59. The summed E-state index contributed by atoms with van der Waals surface area (Å²) in [6.07, 6.45) is 2.47. The molecular formula is C23H37N4O3+. The molecule has 1 fully saturated rings. The molecule has 0 unspecified atom stereocenters. The molecule has 30 heavy (non-hydrogen) atoms. The normalized spacial score (nSPS) is 18.5. The second-order valence-electron chi connectivity index (χ2n) is 9.42. The Bertz CT molecular complexity index is 709. The van der Waals surface area contributed by atoms with E-state index in [1.54, 1.807) is 24.3 Å². The van der Waals surface area contributed by atoms with Gasteiger partial charge in [-0.25, -0.2) is 0 Å². The molecule has 2 amide bonds. The molecule has 0 aromatic heterocycles. The Balaban J connectivity index is 1.35. The number of carbonyl (C=O) groups is 2. The fourth-order valence-electron chi connectivity index (χ4n) is 4.22. The molecule has 0 saturated carbocycles. The van der Waals surface area contributed by atoms with Crippen molar-refractivity contribution in [1.29, 1.82) is 0 Å². The van der Waals surface area contributed by atoms with Crippen LogP contribution >= 0.6 is 0 Å². The Morgan fingerprint density at radius 3 is 2.20 bits per heavy atom. The molecule has 7 nitrogen and oxygen atoms in total. The molecule has 166 valence electrons. The highest BCUT2D eigenvalue weighted by atomic mass is 16.3. The number of nitrogens with zero attached hydrogens (tertiary/aromatic N) is 4. The summed E-state index contributed by atoms with van der Waals surface area (Å²) in [6, 6.07) is 7.08. The van der Waals surface area contributed by atoms with Crippen molar-refractivity contribution in [3.8, 4) is 0 Å². The lowest BCUT2D eigenvalue weighted by molar-refractivity contribution is -0.889. The number of imide groups is 1. The molecule has 0 radical (unpaired) electrons. The van der Waals surface area contributed by atoms with E-state index < -0.39 is 0 Å². The first-order chi connectivity index (χ1) is 14.3. The van der Waals surface area contributed by atoms with Gasteiger partial charge in [0.15, 0.2) is 0 Å². The average Bonchev–Trinajstić information content (AvgIpc) is 2.97. The van der Waals surface area contributed by atoms with Gasteiger partial charge in [-0.2, -0.15) is 0 Å². The second-order valence-corrected chi connectivity index (χ2v) is 9.42. The number of hydrogen-bond acceptors (Lipinski definition) is 5. The molecule has 3 rings (SSSR count). The largest absolute Gasteiger partial charge is 0.393 e. The summed E-state index contributed by atoms with van der Waals surface area (Å²) in [5.74, 6) is -0.322. The van der Waals surface area contributed by atoms with Crippen LogP contribution < -0.4 is 0 Å².